The summed E-state index contributed by atoms with van der Waals surface area (Å²) in [7, 11) is -3.62. The highest BCUT2D eigenvalue weighted by Crippen LogP contribution is 2.28. The van der Waals surface area contributed by atoms with Gasteiger partial charge in [-0.2, -0.15) is 0 Å². The predicted molar refractivity (Wildman–Crippen MR) is 89.1 cm³/mol. The Morgan fingerprint density at radius 1 is 1.14 bits per heavy atom. The van der Waals surface area contributed by atoms with Crippen molar-refractivity contribution in [1.82, 2.24) is 4.72 Å². The average molecular weight is 389 g/mol. The summed E-state index contributed by atoms with van der Waals surface area (Å²) in [6.07, 6.45) is 0. The molecule has 0 fully saturated rings. The van der Waals surface area contributed by atoms with Gasteiger partial charge in [0.1, 0.15) is 0 Å². The molecule has 21 heavy (non-hydrogen) atoms. The summed E-state index contributed by atoms with van der Waals surface area (Å²) in [5, 5.41) is 0.425. The van der Waals surface area contributed by atoms with Crippen molar-refractivity contribution in [2.75, 3.05) is 0 Å². The lowest BCUT2D eigenvalue weighted by Crippen LogP contribution is -2.23. The lowest BCUT2D eigenvalue weighted by atomic mass is 10.2. The van der Waals surface area contributed by atoms with Crippen molar-refractivity contribution in [1.29, 1.82) is 0 Å². The average Bonchev–Trinajstić information content (AvgIpc) is 2.42. The Labute approximate surface area is 138 Å². The molecule has 0 aliphatic heterocycles. The molecule has 2 aromatic rings. The number of benzene rings is 2. The molecule has 0 aromatic heterocycles. The summed E-state index contributed by atoms with van der Waals surface area (Å²) in [4.78, 5) is 0.144. The summed E-state index contributed by atoms with van der Waals surface area (Å²) in [6, 6.07) is 10.8. The smallest absolute Gasteiger partial charge is 0.207 e. The first-order valence-electron chi connectivity index (χ1n) is 6.30. The Bertz CT molecular complexity index is 758. The number of hydrogen-bond acceptors (Lipinski definition) is 2. The van der Waals surface area contributed by atoms with Crippen LogP contribution in [0.2, 0.25) is 5.02 Å². The summed E-state index contributed by atoms with van der Waals surface area (Å²) in [6.45, 7) is 4.04. The highest BCUT2D eigenvalue weighted by molar-refractivity contribution is 9.10. The molecule has 0 saturated carbocycles. The molecule has 0 spiro atoms. The number of nitrogens with one attached hydrogen (secondary N) is 1. The molecule has 0 bridgehead atoms. The van der Waals surface area contributed by atoms with Gasteiger partial charge in [-0.1, -0.05) is 41.4 Å². The molecule has 0 aliphatic rings. The zero-order valence-electron chi connectivity index (χ0n) is 11.7. The van der Waals surface area contributed by atoms with Crippen molar-refractivity contribution in [3.8, 4) is 0 Å². The van der Waals surface area contributed by atoms with E-state index in [9.17, 15) is 8.42 Å². The fourth-order valence-electron chi connectivity index (χ4n) is 1.80. The number of aryl methyl sites for hydroxylation is 2. The molecule has 0 atom stereocenters. The summed E-state index contributed by atoms with van der Waals surface area (Å²) in [5.41, 5.74) is 2.86. The number of rotatable bonds is 4. The maximum Gasteiger partial charge on any atom is 0.242 e. The third-order valence-corrected chi connectivity index (χ3v) is 5.86. The molecule has 1 N–H and O–H groups in total. The quantitative estimate of drug-likeness (QED) is 0.853. The molecule has 3 nitrogen and oxygen atoms in total. The lowest BCUT2D eigenvalue weighted by molar-refractivity contribution is 0.581. The van der Waals surface area contributed by atoms with E-state index in [4.69, 9.17) is 11.6 Å². The highest BCUT2D eigenvalue weighted by Gasteiger charge is 2.18. The molecule has 0 radical (unpaired) electrons. The molecule has 0 aliphatic carbocycles. The molecule has 0 unspecified atom stereocenters. The van der Waals surface area contributed by atoms with E-state index in [1.165, 1.54) is 6.07 Å². The Hall–Kier alpha value is -0.880. The third kappa shape index (κ3) is 4.07. The van der Waals surface area contributed by atoms with Crippen LogP contribution in [0.1, 0.15) is 16.7 Å². The minimum absolute atomic E-state index is 0.144. The fourth-order valence-corrected chi connectivity index (χ4v) is 4.22. The Kier molecular flexibility index (Phi) is 5.09. The first-order chi connectivity index (χ1) is 9.79. The van der Waals surface area contributed by atoms with E-state index in [2.05, 4.69) is 20.7 Å². The molecule has 0 saturated heterocycles. The SMILES string of the molecule is Cc1ccc(CNS(=O)(=O)c2cc(Cl)c(C)cc2Br)cc1. The topological polar surface area (TPSA) is 46.2 Å². The first-order valence-corrected chi connectivity index (χ1v) is 8.96. The molecule has 2 aromatic carbocycles. The van der Waals surface area contributed by atoms with Crippen molar-refractivity contribution in [3.05, 3.63) is 62.6 Å². The second-order valence-corrected chi connectivity index (χ2v) is 7.84. The van der Waals surface area contributed by atoms with Gasteiger partial charge in [0, 0.05) is 16.0 Å². The van der Waals surface area contributed by atoms with Crippen molar-refractivity contribution in [2.45, 2.75) is 25.3 Å². The fraction of sp³-hybridized carbons (Fsp3) is 0.200. The lowest BCUT2D eigenvalue weighted by Gasteiger charge is -2.10. The number of sulfonamides is 1. The molecular weight excluding hydrogens is 374 g/mol. The van der Waals surface area contributed by atoms with Crippen LogP contribution >= 0.6 is 27.5 Å². The van der Waals surface area contributed by atoms with E-state index >= 15 is 0 Å². The second-order valence-electron chi connectivity index (χ2n) is 4.84. The Morgan fingerprint density at radius 3 is 2.38 bits per heavy atom. The predicted octanol–water partition coefficient (Wildman–Crippen LogP) is 4.20. The zero-order valence-corrected chi connectivity index (χ0v) is 14.8. The van der Waals surface area contributed by atoms with Gasteiger partial charge in [0.05, 0.1) is 4.90 Å². The minimum atomic E-state index is -3.62. The van der Waals surface area contributed by atoms with Gasteiger partial charge < -0.3 is 0 Å². The number of hydrogen-bond donors (Lipinski definition) is 1. The molecule has 6 heteroatoms. The normalized spacial score (nSPS) is 11.6. The van der Waals surface area contributed by atoms with Gasteiger partial charge in [0.2, 0.25) is 10.0 Å². The van der Waals surface area contributed by atoms with E-state index in [0.29, 0.717) is 9.50 Å². The van der Waals surface area contributed by atoms with Gasteiger partial charge in [-0.15, -0.1) is 0 Å². The van der Waals surface area contributed by atoms with E-state index in [-0.39, 0.29) is 11.4 Å². The van der Waals surface area contributed by atoms with Crippen LogP contribution in [0.3, 0.4) is 0 Å². The van der Waals surface area contributed by atoms with Crippen LogP contribution in [0.4, 0.5) is 0 Å². The Morgan fingerprint density at radius 2 is 1.76 bits per heavy atom. The Balaban J connectivity index is 2.22. The van der Waals surface area contributed by atoms with Crippen molar-refractivity contribution in [3.63, 3.8) is 0 Å². The van der Waals surface area contributed by atoms with Crippen LogP contribution in [-0.2, 0) is 16.6 Å². The van der Waals surface area contributed by atoms with Gasteiger partial charge in [-0.05, 0) is 53.0 Å². The highest BCUT2D eigenvalue weighted by atomic mass is 79.9. The van der Waals surface area contributed by atoms with Crippen molar-refractivity contribution < 1.29 is 8.42 Å². The van der Waals surface area contributed by atoms with E-state index in [0.717, 1.165) is 16.7 Å². The van der Waals surface area contributed by atoms with E-state index < -0.39 is 10.0 Å². The van der Waals surface area contributed by atoms with Gasteiger partial charge in [0.25, 0.3) is 0 Å². The van der Waals surface area contributed by atoms with E-state index in [1.54, 1.807) is 6.07 Å². The largest absolute Gasteiger partial charge is 0.242 e. The van der Waals surface area contributed by atoms with Crippen LogP contribution in [0, 0.1) is 13.8 Å². The van der Waals surface area contributed by atoms with Crippen LogP contribution in [0.15, 0.2) is 45.8 Å². The summed E-state index contributed by atoms with van der Waals surface area (Å²) < 4.78 is 27.8. The molecule has 0 amide bonds. The standard InChI is InChI=1S/C15H15BrClNO2S/c1-10-3-5-12(6-4-10)9-18-21(19,20)15-8-14(17)11(2)7-13(15)16/h3-8,18H,9H2,1-2H3. The maximum absolute atomic E-state index is 12.4. The monoisotopic (exact) mass is 387 g/mol. The molecule has 0 heterocycles. The van der Waals surface area contributed by atoms with Crippen molar-refractivity contribution >= 4 is 37.6 Å². The van der Waals surface area contributed by atoms with Gasteiger partial charge in [-0.3, -0.25) is 0 Å². The zero-order chi connectivity index (χ0) is 15.6. The minimum Gasteiger partial charge on any atom is -0.207 e. The van der Waals surface area contributed by atoms with Gasteiger partial charge in [0.15, 0.2) is 0 Å². The number of halogens is 2. The third-order valence-electron chi connectivity index (χ3n) is 3.09. The van der Waals surface area contributed by atoms with Gasteiger partial charge in [-0.25, -0.2) is 13.1 Å². The van der Waals surface area contributed by atoms with Crippen LogP contribution in [0.25, 0.3) is 0 Å². The van der Waals surface area contributed by atoms with Crippen LogP contribution in [0.5, 0.6) is 0 Å². The molecular formula is C15H15BrClNO2S. The van der Waals surface area contributed by atoms with Gasteiger partial charge >= 0.3 is 0 Å². The molecule has 112 valence electrons. The van der Waals surface area contributed by atoms with Crippen molar-refractivity contribution in [2.24, 2.45) is 0 Å². The van der Waals surface area contributed by atoms with Crippen LogP contribution in [-0.4, -0.2) is 8.42 Å². The maximum atomic E-state index is 12.4. The van der Waals surface area contributed by atoms with E-state index in [1.807, 2.05) is 38.1 Å². The summed E-state index contributed by atoms with van der Waals surface area (Å²) >= 11 is 9.29. The summed E-state index contributed by atoms with van der Waals surface area (Å²) in [5.74, 6) is 0. The van der Waals surface area contributed by atoms with Crippen LogP contribution < -0.4 is 4.72 Å². The molecule has 2 rings (SSSR count). The first kappa shape index (κ1) is 16.5. The second kappa shape index (κ2) is 6.48.